The summed E-state index contributed by atoms with van der Waals surface area (Å²) in [6.07, 6.45) is 4.00. The van der Waals surface area contributed by atoms with E-state index < -0.39 is 16.1 Å². The molecule has 1 aliphatic heterocycles. The van der Waals surface area contributed by atoms with Crippen molar-refractivity contribution in [2.45, 2.75) is 59.2 Å². The molecule has 0 unspecified atom stereocenters. The maximum Gasteiger partial charge on any atom is 0.244 e. The van der Waals surface area contributed by atoms with Crippen LogP contribution in [0.4, 0.5) is 5.69 Å². The zero-order valence-electron chi connectivity index (χ0n) is 19.6. The van der Waals surface area contributed by atoms with Crippen molar-refractivity contribution < 1.29 is 13.2 Å². The summed E-state index contributed by atoms with van der Waals surface area (Å²) < 4.78 is 26.6. The Labute approximate surface area is 192 Å². The van der Waals surface area contributed by atoms with Crippen LogP contribution in [0.1, 0.15) is 48.4 Å². The molecule has 1 heterocycles. The quantitative estimate of drug-likeness (QED) is 0.623. The molecule has 0 bridgehead atoms. The zero-order valence-corrected chi connectivity index (χ0v) is 20.4. The summed E-state index contributed by atoms with van der Waals surface area (Å²) >= 11 is 0. The summed E-state index contributed by atoms with van der Waals surface area (Å²) in [6, 6.07) is 12.8. The molecule has 1 aliphatic rings. The van der Waals surface area contributed by atoms with E-state index in [0.29, 0.717) is 18.7 Å². The standard InChI is InChI=1S/C25H35N3O3S/c1-5-24(28(32(4,30)31)23-13-12-19(2)20(3)16-23)25(29)26-17-21-10-6-7-11-22(21)18-27-14-8-9-15-27/h6-7,10-13,16,24H,5,8-9,14-15,17-18H2,1-4H3,(H,26,29)/t24-/m1/s1. The second-order valence-electron chi connectivity index (χ2n) is 8.72. The van der Waals surface area contributed by atoms with Crippen LogP contribution in [0.5, 0.6) is 0 Å². The Bertz CT molecular complexity index is 1050. The molecule has 0 saturated carbocycles. The molecule has 7 heteroatoms. The van der Waals surface area contributed by atoms with Gasteiger partial charge in [-0.3, -0.25) is 14.0 Å². The topological polar surface area (TPSA) is 69.7 Å². The minimum absolute atomic E-state index is 0.285. The maximum atomic E-state index is 13.2. The first-order valence-electron chi connectivity index (χ1n) is 11.3. The average molecular weight is 458 g/mol. The lowest BCUT2D eigenvalue weighted by Crippen LogP contribution is -2.49. The monoisotopic (exact) mass is 457 g/mol. The lowest BCUT2D eigenvalue weighted by molar-refractivity contribution is -0.122. The van der Waals surface area contributed by atoms with Crippen molar-refractivity contribution in [3.05, 3.63) is 64.7 Å². The largest absolute Gasteiger partial charge is 0.350 e. The highest BCUT2D eigenvalue weighted by molar-refractivity contribution is 7.92. The highest BCUT2D eigenvalue weighted by Gasteiger charge is 2.31. The van der Waals surface area contributed by atoms with Crippen LogP contribution in [0.25, 0.3) is 0 Å². The normalized spacial score (nSPS) is 15.5. The van der Waals surface area contributed by atoms with Gasteiger partial charge < -0.3 is 5.32 Å². The molecule has 32 heavy (non-hydrogen) atoms. The van der Waals surface area contributed by atoms with Crippen molar-refractivity contribution in [2.24, 2.45) is 0 Å². The minimum Gasteiger partial charge on any atom is -0.350 e. The van der Waals surface area contributed by atoms with Crippen molar-refractivity contribution in [2.75, 3.05) is 23.7 Å². The molecule has 6 nitrogen and oxygen atoms in total. The van der Waals surface area contributed by atoms with Crippen LogP contribution in [0.3, 0.4) is 0 Å². The third-order valence-corrected chi connectivity index (χ3v) is 7.42. The van der Waals surface area contributed by atoms with Crippen molar-refractivity contribution in [3.8, 4) is 0 Å². The van der Waals surface area contributed by atoms with Crippen molar-refractivity contribution in [3.63, 3.8) is 0 Å². The summed E-state index contributed by atoms with van der Waals surface area (Å²) in [5, 5.41) is 3.00. The number of hydrogen-bond acceptors (Lipinski definition) is 4. The van der Waals surface area contributed by atoms with Gasteiger partial charge in [-0.05, 0) is 80.6 Å². The number of anilines is 1. The second kappa shape index (κ2) is 10.5. The molecule has 0 radical (unpaired) electrons. The van der Waals surface area contributed by atoms with Gasteiger partial charge in [-0.25, -0.2) is 8.42 Å². The fourth-order valence-electron chi connectivity index (χ4n) is 4.29. The fraction of sp³-hybridized carbons (Fsp3) is 0.480. The number of sulfonamides is 1. The van der Waals surface area contributed by atoms with E-state index in [1.807, 2.05) is 51.1 Å². The van der Waals surface area contributed by atoms with Crippen LogP contribution in [0, 0.1) is 13.8 Å². The number of nitrogens with one attached hydrogen (secondary N) is 1. The van der Waals surface area contributed by atoms with Gasteiger partial charge in [0, 0.05) is 13.1 Å². The van der Waals surface area contributed by atoms with Crippen molar-refractivity contribution >= 4 is 21.6 Å². The number of hydrogen-bond donors (Lipinski definition) is 1. The van der Waals surface area contributed by atoms with Gasteiger partial charge in [-0.2, -0.15) is 0 Å². The fourth-order valence-corrected chi connectivity index (χ4v) is 5.49. The Morgan fingerprint density at radius 1 is 1.06 bits per heavy atom. The first-order chi connectivity index (χ1) is 15.2. The third-order valence-electron chi connectivity index (χ3n) is 6.24. The number of amides is 1. The summed E-state index contributed by atoms with van der Waals surface area (Å²) in [6.45, 7) is 9.23. The average Bonchev–Trinajstić information content (AvgIpc) is 3.25. The Morgan fingerprint density at radius 2 is 1.72 bits per heavy atom. The second-order valence-corrected chi connectivity index (χ2v) is 10.6. The first-order valence-corrected chi connectivity index (χ1v) is 13.2. The Hall–Kier alpha value is -2.38. The van der Waals surface area contributed by atoms with Crippen molar-refractivity contribution in [1.82, 2.24) is 10.2 Å². The molecule has 1 N–H and O–H groups in total. The van der Waals surface area contributed by atoms with Gasteiger partial charge in [0.2, 0.25) is 15.9 Å². The first kappa shape index (κ1) is 24.3. The number of nitrogens with zero attached hydrogens (tertiary/aromatic N) is 2. The number of aryl methyl sites for hydroxylation is 2. The molecule has 1 atom stereocenters. The van der Waals surface area contributed by atoms with Crippen LogP contribution in [0.15, 0.2) is 42.5 Å². The van der Waals surface area contributed by atoms with E-state index in [9.17, 15) is 13.2 Å². The zero-order chi connectivity index (χ0) is 23.3. The number of carbonyl (C=O) groups is 1. The number of benzene rings is 2. The van der Waals surface area contributed by atoms with E-state index in [1.165, 1.54) is 22.7 Å². The van der Waals surface area contributed by atoms with Gasteiger partial charge in [0.25, 0.3) is 0 Å². The molecule has 0 spiro atoms. The molecule has 3 rings (SSSR count). The Kier molecular flexibility index (Phi) is 7.96. The molecule has 0 aromatic heterocycles. The van der Waals surface area contributed by atoms with Gasteiger partial charge in [0.15, 0.2) is 0 Å². The van der Waals surface area contributed by atoms with Crippen LogP contribution in [-0.4, -0.2) is 44.6 Å². The lowest BCUT2D eigenvalue weighted by Gasteiger charge is -2.30. The smallest absolute Gasteiger partial charge is 0.244 e. The Balaban J connectivity index is 1.78. The SMILES string of the molecule is CC[C@H](C(=O)NCc1ccccc1CN1CCCC1)N(c1ccc(C)c(C)c1)S(C)(=O)=O. The highest BCUT2D eigenvalue weighted by Crippen LogP contribution is 2.25. The van der Waals surface area contributed by atoms with Crippen LogP contribution >= 0.6 is 0 Å². The van der Waals surface area contributed by atoms with Gasteiger partial charge in [0.1, 0.15) is 6.04 Å². The van der Waals surface area contributed by atoms with E-state index in [0.717, 1.165) is 42.6 Å². The summed E-state index contributed by atoms with van der Waals surface area (Å²) in [7, 11) is -3.64. The van der Waals surface area contributed by atoms with E-state index in [1.54, 1.807) is 6.07 Å². The molecule has 2 aromatic carbocycles. The molecule has 1 amide bonds. The van der Waals surface area contributed by atoms with E-state index in [4.69, 9.17) is 0 Å². The summed E-state index contributed by atoms with van der Waals surface area (Å²) in [5.74, 6) is -0.285. The van der Waals surface area contributed by atoms with Gasteiger partial charge in [-0.1, -0.05) is 37.3 Å². The molecule has 1 saturated heterocycles. The maximum absolute atomic E-state index is 13.2. The van der Waals surface area contributed by atoms with Crippen LogP contribution < -0.4 is 9.62 Å². The molecular weight excluding hydrogens is 422 g/mol. The van der Waals surface area contributed by atoms with E-state index in [2.05, 4.69) is 16.3 Å². The molecular formula is C25H35N3O3S. The third kappa shape index (κ3) is 5.90. The van der Waals surface area contributed by atoms with Crippen LogP contribution in [-0.2, 0) is 27.9 Å². The predicted molar refractivity (Wildman–Crippen MR) is 130 cm³/mol. The number of likely N-dealkylation sites (tertiary alicyclic amines) is 1. The van der Waals surface area contributed by atoms with E-state index >= 15 is 0 Å². The summed E-state index contributed by atoms with van der Waals surface area (Å²) in [5.41, 5.74) is 4.86. The molecule has 1 fully saturated rings. The predicted octanol–water partition coefficient (Wildman–Crippen LogP) is 3.76. The van der Waals surface area contributed by atoms with Crippen molar-refractivity contribution in [1.29, 1.82) is 0 Å². The minimum atomic E-state index is -3.64. The highest BCUT2D eigenvalue weighted by atomic mass is 32.2. The van der Waals surface area contributed by atoms with Gasteiger partial charge in [0.05, 0.1) is 11.9 Å². The summed E-state index contributed by atoms with van der Waals surface area (Å²) in [4.78, 5) is 15.6. The molecule has 174 valence electrons. The molecule has 0 aliphatic carbocycles. The van der Waals surface area contributed by atoms with Gasteiger partial charge in [-0.15, -0.1) is 0 Å². The molecule has 2 aromatic rings. The van der Waals surface area contributed by atoms with Crippen LogP contribution in [0.2, 0.25) is 0 Å². The Morgan fingerprint density at radius 3 is 2.31 bits per heavy atom. The number of carbonyl (C=O) groups excluding carboxylic acids is 1. The lowest BCUT2D eigenvalue weighted by atomic mass is 10.1. The van der Waals surface area contributed by atoms with E-state index in [-0.39, 0.29) is 5.91 Å². The number of rotatable bonds is 9. The van der Waals surface area contributed by atoms with Gasteiger partial charge >= 0.3 is 0 Å².